The Labute approximate surface area is 177 Å². The number of nitrogens with one attached hydrogen (secondary N) is 1. The van der Waals surface area contributed by atoms with Crippen LogP contribution in [-0.2, 0) is 6.61 Å². The van der Waals surface area contributed by atoms with Gasteiger partial charge in [-0.25, -0.2) is 5.43 Å². The Hall–Kier alpha value is -3.19. The van der Waals surface area contributed by atoms with Crippen LogP contribution in [-0.4, -0.2) is 24.2 Å². The van der Waals surface area contributed by atoms with Crippen molar-refractivity contribution in [1.29, 1.82) is 0 Å². The largest absolute Gasteiger partial charge is 0.493 e. The number of hydrogen-bond acceptors (Lipinski definition) is 5. The second kappa shape index (κ2) is 9.84. The second-order valence-electron chi connectivity index (χ2n) is 6.25. The van der Waals surface area contributed by atoms with E-state index in [9.17, 15) is 4.79 Å². The van der Waals surface area contributed by atoms with Crippen LogP contribution in [0, 0.1) is 6.92 Å². The van der Waals surface area contributed by atoms with Gasteiger partial charge >= 0.3 is 0 Å². The summed E-state index contributed by atoms with van der Waals surface area (Å²) in [5.74, 6) is 0.828. The molecule has 2 aromatic carbocycles. The summed E-state index contributed by atoms with van der Waals surface area (Å²) in [6.45, 7) is 2.47. The molecule has 148 valence electrons. The van der Waals surface area contributed by atoms with E-state index in [1.165, 1.54) is 18.0 Å². The Morgan fingerprint density at radius 3 is 2.72 bits per heavy atom. The molecule has 0 aliphatic rings. The van der Waals surface area contributed by atoms with Crippen molar-refractivity contribution in [2.45, 2.75) is 13.5 Å². The summed E-state index contributed by atoms with van der Waals surface area (Å²) in [4.78, 5) is 15.9. The van der Waals surface area contributed by atoms with E-state index < -0.39 is 0 Å². The van der Waals surface area contributed by atoms with Crippen LogP contribution in [0.1, 0.15) is 27.0 Å². The number of carbonyl (C=O) groups excluding carboxylic acids is 1. The molecule has 0 spiro atoms. The van der Waals surface area contributed by atoms with Crippen LogP contribution in [0.25, 0.3) is 0 Å². The zero-order chi connectivity index (χ0) is 20.6. The van der Waals surface area contributed by atoms with E-state index in [1.54, 1.807) is 31.5 Å². The quantitative estimate of drug-likeness (QED) is 0.422. The fourth-order valence-corrected chi connectivity index (χ4v) is 3.10. The summed E-state index contributed by atoms with van der Waals surface area (Å²) in [6.07, 6.45) is 4.61. The molecule has 7 heteroatoms. The molecule has 6 nitrogen and oxygen atoms in total. The molecule has 0 bridgehead atoms. The van der Waals surface area contributed by atoms with Crippen molar-refractivity contribution in [3.05, 3.63) is 87.7 Å². The van der Waals surface area contributed by atoms with Gasteiger partial charge in [0.05, 0.1) is 23.4 Å². The zero-order valence-corrected chi connectivity index (χ0v) is 17.6. The zero-order valence-electron chi connectivity index (χ0n) is 16.1. The number of hydrogen-bond donors (Lipinski definition) is 1. The minimum absolute atomic E-state index is 0.335. The van der Waals surface area contributed by atoms with Gasteiger partial charge in [0.2, 0.25) is 0 Å². The molecule has 0 saturated carbocycles. The number of pyridine rings is 1. The Morgan fingerprint density at radius 2 is 2.03 bits per heavy atom. The SMILES string of the molecule is COc1cc(/C=N\NC(=O)c2cccnc2)cc(Br)c1OCc1ccc(C)cc1. The third-order valence-corrected chi connectivity index (χ3v) is 4.65. The molecule has 0 aliphatic heterocycles. The number of methoxy groups -OCH3 is 1. The van der Waals surface area contributed by atoms with Crippen LogP contribution in [0.2, 0.25) is 0 Å². The molecule has 3 aromatic rings. The van der Waals surface area contributed by atoms with Crippen molar-refractivity contribution in [3.8, 4) is 11.5 Å². The molecule has 29 heavy (non-hydrogen) atoms. The molecule has 1 N–H and O–H groups in total. The van der Waals surface area contributed by atoms with Crippen LogP contribution in [0.5, 0.6) is 11.5 Å². The topological polar surface area (TPSA) is 72.8 Å². The van der Waals surface area contributed by atoms with E-state index in [0.29, 0.717) is 23.7 Å². The van der Waals surface area contributed by atoms with Gasteiger partial charge in [-0.1, -0.05) is 29.8 Å². The number of halogens is 1. The first kappa shape index (κ1) is 20.5. The van der Waals surface area contributed by atoms with Crippen LogP contribution in [0.3, 0.4) is 0 Å². The number of amides is 1. The summed E-state index contributed by atoms with van der Waals surface area (Å²) in [6, 6.07) is 15.1. The lowest BCUT2D eigenvalue weighted by Crippen LogP contribution is -2.17. The smallest absolute Gasteiger partial charge is 0.272 e. The lowest BCUT2D eigenvalue weighted by Gasteiger charge is -2.13. The molecule has 0 unspecified atom stereocenters. The van der Waals surface area contributed by atoms with Crippen molar-refractivity contribution >= 4 is 28.1 Å². The number of nitrogens with zero attached hydrogens (tertiary/aromatic N) is 2. The number of benzene rings is 2. The van der Waals surface area contributed by atoms with Crippen molar-refractivity contribution in [1.82, 2.24) is 10.4 Å². The van der Waals surface area contributed by atoms with Gasteiger partial charge in [0, 0.05) is 12.4 Å². The number of carbonyl (C=O) groups is 1. The first-order valence-corrected chi connectivity index (χ1v) is 9.65. The van der Waals surface area contributed by atoms with Crippen molar-refractivity contribution in [3.63, 3.8) is 0 Å². The second-order valence-corrected chi connectivity index (χ2v) is 7.10. The van der Waals surface area contributed by atoms with Gasteiger partial charge in [-0.15, -0.1) is 0 Å². The van der Waals surface area contributed by atoms with Crippen molar-refractivity contribution in [2.24, 2.45) is 5.10 Å². The summed E-state index contributed by atoms with van der Waals surface area (Å²) >= 11 is 3.52. The lowest BCUT2D eigenvalue weighted by atomic mass is 10.2. The Morgan fingerprint density at radius 1 is 1.24 bits per heavy atom. The van der Waals surface area contributed by atoms with Crippen LogP contribution >= 0.6 is 15.9 Å². The summed E-state index contributed by atoms with van der Waals surface area (Å²) < 4.78 is 12.1. The lowest BCUT2D eigenvalue weighted by molar-refractivity contribution is 0.0955. The molecule has 0 radical (unpaired) electrons. The molecule has 1 amide bonds. The minimum Gasteiger partial charge on any atom is -0.493 e. The first-order chi connectivity index (χ1) is 14.1. The fourth-order valence-electron chi connectivity index (χ4n) is 2.52. The van der Waals surface area contributed by atoms with Gasteiger partial charge in [0.15, 0.2) is 11.5 Å². The van der Waals surface area contributed by atoms with Crippen molar-refractivity contribution < 1.29 is 14.3 Å². The summed E-state index contributed by atoms with van der Waals surface area (Å²) in [5, 5.41) is 4.00. The molecular formula is C22H20BrN3O3. The van der Waals surface area contributed by atoms with E-state index >= 15 is 0 Å². The average Bonchev–Trinajstić information content (AvgIpc) is 2.74. The molecule has 0 saturated heterocycles. The van der Waals surface area contributed by atoms with E-state index in [2.05, 4.69) is 31.4 Å². The van der Waals surface area contributed by atoms with Crippen LogP contribution in [0.4, 0.5) is 0 Å². The number of aromatic nitrogens is 1. The molecular weight excluding hydrogens is 434 g/mol. The average molecular weight is 454 g/mol. The predicted molar refractivity (Wildman–Crippen MR) is 116 cm³/mol. The normalized spacial score (nSPS) is 10.7. The Balaban J connectivity index is 1.68. The first-order valence-electron chi connectivity index (χ1n) is 8.86. The monoisotopic (exact) mass is 453 g/mol. The van der Waals surface area contributed by atoms with Crippen LogP contribution in [0.15, 0.2) is 70.5 Å². The fraction of sp³-hybridized carbons (Fsp3) is 0.136. The maximum atomic E-state index is 12.0. The standard InChI is InChI=1S/C22H20BrN3O3/c1-15-5-7-16(8-6-15)14-29-21-19(23)10-17(11-20(21)28-2)12-25-26-22(27)18-4-3-9-24-13-18/h3-13H,14H2,1-2H3,(H,26,27)/b25-12-. The van der Waals surface area contributed by atoms with E-state index in [-0.39, 0.29) is 5.91 Å². The summed E-state index contributed by atoms with van der Waals surface area (Å²) in [5.41, 5.74) is 5.91. The van der Waals surface area contributed by atoms with Crippen molar-refractivity contribution in [2.75, 3.05) is 7.11 Å². The Bertz CT molecular complexity index is 1010. The minimum atomic E-state index is -0.335. The number of ether oxygens (including phenoxy) is 2. The highest BCUT2D eigenvalue weighted by atomic mass is 79.9. The highest BCUT2D eigenvalue weighted by Crippen LogP contribution is 2.36. The third-order valence-electron chi connectivity index (χ3n) is 4.06. The van der Waals surface area contributed by atoms with E-state index in [4.69, 9.17) is 9.47 Å². The number of aryl methyl sites for hydroxylation is 1. The molecule has 0 fully saturated rings. The van der Waals surface area contributed by atoms with E-state index in [0.717, 1.165) is 15.6 Å². The predicted octanol–water partition coefficient (Wildman–Crippen LogP) is 4.50. The molecule has 0 aliphatic carbocycles. The highest BCUT2D eigenvalue weighted by Gasteiger charge is 2.12. The maximum absolute atomic E-state index is 12.0. The Kier molecular flexibility index (Phi) is 6.97. The molecule has 1 aromatic heterocycles. The van der Waals surface area contributed by atoms with E-state index in [1.807, 2.05) is 37.3 Å². The number of hydrazone groups is 1. The van der Waals surface area contributed by atoms with Gasteiger partial charge in [-0.3, -0.25) is 9.78 Å². The highest BCUT2D eigenvalue weighted by molar-refractivity contribution is 9.10. The molecule has 1 heterocycles. The van der Waals surface area contributed by atoms with Gasteiger partial charge < -0.3 is 9.47 Å². The van der Waals surface area contributed by atoms with Crippen LogP contribution < -0.4 is 14.9 Å². The number of rotatable bonds is 7. The van der Waals surface area contributed by atoms with Gasteiger partial charge in [0.25, 0.3) is 5.91 Å². The summed E-state index contributed by atoms with van der Waals surface area (Å²) in [7, 11) is 1.58. The van der Waals surface area contributed by atoms with Gasteiger partial charge in [-0.2, -0.15) is 5.10 Å². The van der Waals surface area contributed by atoms with Gasteiger partial charge in [-0.05, 0) is 58.2 Å². The molecule has 3 rings (SSSR count). The van der Waals surface area contributed by atoms with Gasteiger partial charge in [0.1, 0.15) is 6.61 Å². The molecule has 0 atom stereocenters. The maximum Gasteiger partial charge on any atom is 0.272 e. The third kappa shape index (κ3) is 5.65.